The lowest BCUT2D eigenvalue weighted by Gasteiger charge is -2.12. The van der Waals surface area contributed by atoms with Crippen LogP contribution in [-0.2, 0) is 0 Å². The van der Waals surface area contributed by atoms with Crippen molar-refractivity contribution in [2.24, 2.45) is 0 Å². The number of ether oxygens (including phenoxy) is 1. The molecule has 0 fully saturated rings. The molecule has 3 N–H and O–H groups in total. The maximum atomic E-state index is 12.5. The second-order valence-electron chi connectivity index (χ2n) is 6.35. The third kappa shape index (κ3) is 4.98. The van der Waals surface area contributed by atoms with Crippen molar-refractivity contribution in [3.8, 4) is 11.5 Å². The van der Waals surface area contributed by atoms with Crippen LogP contribution in [0.3, 0.4) is 0 Å². The van der Waals surface area contributed by atoms with Gasteiger partial charge in [0.2, 0.25) is 0 Å². The molecule has 144 valence electrons. The first-order chi connectivity index (χ1) is 13.6. The quantitative estimate of drug-likeness (QED) is 0.412. The van der Waals surface area contributed by atoms with Gasteiger partial charge >= 0.3 is 0 Å². The number of carbonyl (C=O) groups is 1. The van der Waals surface area contributed by atoms with Gasteiger partial charge in [-0.1, -0.05) is 31.5 Å². The maximum Gasteiger partial charge on any atom is 0.257 e. The van der Waals surface area contributed by atoms with Gasteiger partial charge in [0.1, 0.15) is 11.5 Å². The predicted molar refractivity (Wildman–Crippen MR) is 116 cm³/mol. The minimum Gasteiger partial charge on any atom is -0.508 e. The van der Waals surface area contributed by atoms with Crippen LogP contribution in [0.2, 0.25) is 0 Å². The molecule has 0 saturated carbocycles. The molecular formula is C22H22N2O3S. The summed E-state index contributed by atoms with van der Waals surface area (Å²) >= 11 is 5.30. The van der Waals surface area contributed by atoms with E-state index in [2.05, 4.69) is 17.6 Å². The summed E-state index contributed by atoms with van der Waals surface area (Å²) in [5.41, 5.74) is 1.22. The number of amides is 1. The first-order valence-corrected chi connectivity index (χ1v) is 9.54. The van der Waals surface area contributed by atoms with E-state index in [-0.39, 0.29) is 16.8 Å². The van der Waals surface area contributed by atoms with Gasteiger partial charge in [-0.2, -0.15) is 0 Å². The fourth-order valence-corrected chi connectivity index (χ4v) is 2.97. The van der Waals surface area contributed by atoms with Gasteiger partial charge in [-0.05, 0) is 66.5 Å². The van der Waals surface area contributed by atoms with Crippen LogP contribution in [0, 0.1) is 0 Å². The first kappa shape index (κ1) is 19.6. The number of thiocarbonyl (C=S) groups is 1. The van der Waals surface area contributed by atoms with E-state index in [4.69, 9.17) is 17.0 Å². The highest BCUT2D eigenvalue weighted by Gasteiger charge is 2.10. The minimum absolute atomic E-state index is 0.196. The number of phenolic OH excluding ortho intramolecular Hbond substituents is 1. The van der Waals surface area contributed by atoms with Gasteiger partial charge in [-0.3, -0.25) is 10.1 Å². The number of nitrogens with one attached hydrogen (secondary N) is 2. The van der Waals surface area contributed by atoms with E-state index in [1.807, 2.05) is 24.3 Å². The largest absolute Gasteiger partial charge is 0.508 e. The highest BCUT2D eigenvalue weighted by molar-refractivity contribution is 7.80. The third-order valence-corrected chi connectivity index (χ3v) is 4.41. The lowest BCUT2D eigenvalue weighted by Crippen LogP contribution is -2.34. The molecule has 5 nitrogen and oxygen atoms in total. The Hall–Kier alpha value is -3.12. The van der Waals surface area contributed by atoms with Crippen LogP contribution in [0.5, 0.6) is 11.5 Å². The summed E-state index contributed by atoms with van der Waals surface area (Å²) in [5.74, 6) is 0.548. The van der Waals surface area contributed by atoms with Gasteiger partial charge < -0.3 is 15.2 Å². The van der Waals surface area contributed by atoms with Crippen molar-refractivity contribution in [2.75, 3.05) is 11.9 Å². The van der Waals surface area contributed by atoms with E-state index in [0.717, 1.165) is 29.3 Å². The van der Waals surface area contributed by atoms with Crippen molar-refractivity contribution >= 4 is 39.7 Å². The zero-order valence-electron chi connectivity index (χ0n) is 15.6. The molecule has 0 radical (unpaired) electrons. The molecule has 0 bridgehead atoms. The highest BCUT2D eigenvalue weighted by atomic mass is 32.1. The van der Waals surface area contributed by atoms with E-state index in [1.165, 1.54) is 0 Å². The monoisotopic (exact) mass is 394 g/mol. The van der Waals surface area contributed by atoms with Gasteiger partial charge in [0, 0.05) is 16.6 Å². The zero-order valence-corrected chi connectivity index (χ0v) is 16.4. The molecule has 6 heteroatoms. The van der Waals surface area contributed by atoms with Crippen molar-refractivity contribution in [1.82, 2.24) is 5.32 Å². The Morgan fingerprint density at radius 3 is 2.75 bits per heavy atom. The van der Waals surface area contributed by atoms with Crippen molar-refractivity contribution in [1.29, 1.82) is 0 Å². The summed E-state index contributed by atoms with van der Waals surface area (Å²) in [4.78, 5) is 12.5. The Bertz CT molecular complexity index is 1000. The van der Waals surface area contributed by atoms with Crippen molar-refractivity contribution < 1.29 is 14.6 Å². The fraction of sp³-hybridized carbons (Fsp3) is 0.182. The van der Waals surface area contributed by atoms with Crippen LogP contribution in [0.15, 0.2) is 60.7 Å². The minimum atomic E-state index is -0.309. The third-order valence-electron chi connectivity index (χ3n) is 4.20. The van der Waals surface area contributed by atoms with Gasteiger partial charge in [0.05, 0.1) is 6.61 Å². The summed E-state index contributed by atoms with van der Waals surface area (Å²) in [6.07, 6.45) is 2.02. The number of phenols is 1. The standard InChI is InChI=1S/C22H22N2O3S/c1-2-3-12-27-18-8-4-7-16(14-18)21(26)24-22(28)23-20-9-5-6-15-13-17(25)10-11-19(15)20/h4-11,13-14,25H,2-3,12H2,1H3,(H2,23,24,26,28). The highest BCUT2D eigenvalue weighted by Crippen LogP contribution is 2.26. The number of anilines is 1. The molecule has 28 heavy (non-hydrogen) atoms. The summed E-state index contributed by atoms with van der Waals surface area (Å²) < 4.78 is 5.65. The lowest BCUT2D eigenvalue weighted by atomic mass is 10.1. The molecule has 0 aliphatic rings. The Kier molecular flexibility index (Phi) is 6.45. The Balaban J connectivity index is 1.67. The smallest absolute Gasteiger partial charge is 0.257 e. The van der Waals surface area contributed by atoms with Crippen molar-refractivity contribution in [3.05, 3.63) is 66.2 Å². The second kappa shape index (κ2) is 9.19. The average molecular weight is 394 g/mol. The van der Waals surface area contributed by atoms with Gasteiger partial charge in [0.25, 0.3) is 5.91 Å². The number of fused-ring (bicyclic) bond motifs is 1. The topological polar surface area (TPSA) is 70.6 Å². The van der Waals surface area contributed by atoms with Crippen LogP contribution in [0.1, 0.15) is 30.1 Å². The molecule has 0 spiro atoms. The van der Waals surface area contributed by atoms with Gasteiger partial charge in [0.15, 0.2) is 5.11 Å². The number of carbonyl (C=O) groups excluding carboxylic acids is 1. The molecule has 0 aliphatic carbocycles. The van der Waals surface area contributed by atoms with Gasteiger partial charge in [-0.15, -0.1) is 0 Å². The molecule has 0 aliphatic heterocycles. The summed E-state index contributed by atoms with van der Waals surface area (Å²) in [6.45, 7) is 2.72. The van der Waals surface area contributed by atoms with Crippen LogP contribution in [0.25, 0.3) is 10.8 Å². The average Bonchev–Trinajstić information content (AvgIpc) is 2.68. The number of benzene rings is 3. The number of hydrogen-bond acceptors (Lipinski definition) is 4. The number of rotatable bonds is 6. The van der Waals surface area contributed by atoms with E-state index < -0.39 is 0 Å². The molecule has 3 aromatic carbocycles. The van der Waals surface area contributed by atoms with E-state index in [0.29, 0.717) is 17.9 Å². The normalized spacial score (nSPS) is 10.5. The van der Waals surface area contributed by atoms with Crippen LogP contribution >= 0.6 is 12.2 Å². The number of aromatic hydroxyl groups is 1. The van der Waals surface area contributed by atoms with E-state index in [1.54, 1.807) is 36.4 Å². The Labute approximate surface area is 169 Å². The van der Waals surface area contributed by atoms with E-state index in [9.17, 15) is 9.90 Å². The summed E-state index contributed by atoms with van der Waals surface area (Å²) in [5, 5.41) is 17.3. The van der Waals surface area contributed by atoms with Crippen molar-refractivity contribution in [3.63, 3.8) is 0 Å². The molecule has 0 unspecified atom stereocenters. The zero-order chi connectivity index (χ0) is 19.9. The Morgan fingerprint density at radius 1 is 1.11 bits per heavy atom. The van der Waals surface area contributed by atoms with Crippen molar-refractivity contribution in [2.45, 2.75) is 19.8 Å². The second-order valence-corrected chi connectivity index (χ2v) is 6.76. The molecule has 0 atom stereocenters. The molecule has 3 rings (SSSR count). The molecule has 0 aromatic heterocycles. The fourth-order valence-electron chi connectivity index (χ4n) is 2.77. The Morgan fingerprint density at radius 2 is 1.93 bits per heavy atom. The van der Waals surface area contributed by atoms with Crippen LogP contribution in [0.4, 0.5) is 5.69 Å². The predicted octanol–water partition coefficient (Wildman–Crippen LogP) is 4.85. The number of hydrogen-bond donors (Lipinski definition) is 3. The molecule has 1 amide bonds. The van der Waals surface area contributed by atoms with Gasteiger partial charge in [-0.25, -0.2) is 0 Å². The first-order valence-electron chi connectivity index (χ1n) is 9.14. The lowest BCUT2D eigenvalue weighted by molar-refractivity contribution is 0.0977. The molecule has 0 heterocycles. The maximum absolute atomic E-state index is 12.5. The molecule has 3 aromatic rings. The number of unbranched alkanes of at least 4 members (excludes halogenated alkanes) is 1. The van der Waals surface area contributed by atoms with E-state index >= 15 is 0 Å². The molecular weight excluding hydrogens is 372 g/mol. The summed E-state index contributed by atoms with van der Waals surface area (Å²) in [6, 6.07) is 17.7. The SMILES string of the molecule is CCCCOc1cccc(C(=O)NC(=S)Nc2cccc3cc(O)ccc23)c1. The summed E-state index contributed by atoms with van der Waals surface area (Å²) in [7, 11) is 0. The van der Waals surface area contributed by atoms with Crippen LogP contribution < -0.4 is 15.4 Å². The van der Waals surface area contributed by atoms with Crippen LogP contribution in [-0.4, -0.2) is 22.7 Å². The molecule has 0 saturated heterocycles.